The van der Waals surface area contributed by atoms with Crippen LogP contribution in [0.1, 0.15) is 38.6 Å². The molecule has 0 amide bonds. The molecule has 2 unspecified atom stereocenters. The molecule has 1 heterocycles. The Morgan fingerprint density at radius 2 is 1.53 bits per heavy atom. The van der Waals surface area contributed by atoms with Gasteiger partial charge in [0.2, 0.25) is 0 Å². The van der Waals surface area contributed by atoms with Crippen molar-refractivity contribution in [2.75, 3.05) is 12.4 Å². The molecular weight excluding hydrogens is 583 g/mol. The molecule has 1 aliphatic rings. The molecule has 0 spiro atoms. The highest BCUT2D eigenvalue weighted by Gasteiger charge is 2.53. The normalized spacial score (nSPS) is 26.6. The molecule has 0 bridgehead atoms. The van der Waals surface area contributed by atoms with E-state index in [0.29, 0.717) is 6.42 Å². The summed E-state index contributed by atoms with van der Waals surface area (Å²) >= 11 is 2.13. The molecule has 1 aromatic rings. The maximum absolute atomic E-state index is 13.5. The molecule has 1 saturated heterocycles. The zero-order valence-corrected chi connectivity index (χ0v) is 21.0. The van der Waals surface area contributed by atoms with Gasteiger partial charge >= 0.3 is 23.9 Å². The number of esters is 4. The van der Waals surface area contributed by atoms with E-state index in [1.807, 2.05) is 24.3 Å². The Morgan fingerprint density at radius 3 is 2.15 bits per heavy atom. The summed E-state index contributed by atoms with van der Waals surface area (Å²) in [6.45, 7) is -3.85. The van der Waals surface area contributed by atoms with Crippen LogP contribution >= 0.6 is 22.6 Å². The second kappa shape index (κ2) is 13.1. The van der Waals surface area contributed by atoms with E-state index in [4.69, 9.17) is 29.2 Å². The van der Waals surface area contributed by atoms with Crippen LogP contribution in [0.4, 0.5) is 0 Å². The smallest absolute Gasteiger partial charge is 0.303 e. The molecule has 0 saturated carbocycles. The van der Waals surface area contributed by atoms with Gasteiger partial charge in [-0.05, 0) is 40.6 Å². The third-order valence-electron chi connectivity index (χ3n) is 4.59. The molecule has 6 atom stereocenters. The van der Waals surface area contributed by atoms with Crippen molar-refractivity contribution in [1.82, 2.24) is 0 Å². The van der Waals surface area contributed by atoms with Gasteiger partial charge in [-0.3, -0.25) is 23.4 Å². The van der Waals surface area contributed by atoms with Gasteiger partial charge in [0.1, 0.15) is 12.7 Å². The van der Waals surface area contributed by atoms with Crippen molar-refractivity contribution in [3.63, 3.8) is 0 Å². The van der Waals surface area contributed by atoms with Crippen molar-refractivity contribution in [3.05, 3.63) is 33.4 Å². The zero-order chi connectivity index (χ0) is 28.2. The lowest BCUT2D eigenvalue weighted by molar-refractivity contribution is -0.238. The van der Waals surface area contributed by atoms with Crippen LogP contribution in [0.5, 0.6) is 0 Å². The Balaban J connectivity index is 2.46. The van der Waals surface area contributed by atoms with Gasteiger partial charge in [0, 0.05) is 42.4 Å². The zero-order valence-electron chi connectivity index (χ0n) is 22.0. The number of ether oxygens (including phenoxy) is 5. The number of halogens is 1. The number of rotatable bonds is 9. The average Bonchev–Trinajstić information content (AvgIpc) is 2.92. The van der Waals surface area contributed by atoms with Crippen molar-refractivity contribution < 1.29 is 52.6 Å². The molecule has 188 valence electrons. The summed E-state index contributed by atoms with van der Waals surface area (Å²) < 4.78 is 70.1. The summed E-state index contributed by atoms with van der Waals surface area (Å²) in [6, 6.07) is 7.37. The number of aryl methyl sites for hydroxylation is 1. The first-order valence-corrected chi connectivity index (χ1v) is 12.3. The number of carbonyl (C=O) groups is 4. The van der Waals surface area contributed by atoms with E-state index in [9.17, 15) is 23.4 Å². The highest BCUT2D eigenvalue weighted by molar-refractivity contribution is 14.1. The number of benzene rings is 1. The molecule has 12 heteroatoms. The molecule has 10 nitrogen and oxygen atoms in total. The standard InChI is InChI=1S/C22H27IO10S/c1-12(24)29-11-18-19(30-13(2)25)20(31-14(3)26)21(32-15(4)27)22(33-18)34(28)10-9-16-7-5-6-8-17(16)23/h5-8,18-22H,9-11H2,1-4H3/t18-,19-,20+,21+,22?,34?/m1/s1/i1D,2D,3D,4D. The molecular formula is C22H27IO10S. The van der Waals surface area contributed by atoms with Gasteiger partial charge in [-0.25, -0.2) is 0 Å². The Labute approximate surface area is 219 Å². The maximum Gasteiger partial charge on any atom is 0.303 e. The third kappa shape index (κ3) is 8.31. The van der Waals surface area contributed by atoms with Gasteiger partial charge in [0.25, 0.3) is 0 Å². The Morgan fingerprint density at radius 1 is 0.941 bits per heavy atom. The van der Waals surface area contributed by atoms with Crippen LogP contribution in [0.2, 0.25) is 0 Å². The Bertz CT molecular complexity index is 1020. The monoisotopic (exact) mass is 614 g/mol. The van der Waals surface area contributed by atoms with Crippen molar-refractivity contribution in [2.45, 2.75) is 63.9 Å². The summed E-state index contributed by atoms with van der Waals surface area (Å²) in [4.78, 5) is 47.9. The number of hydrogen-bond donors (Lipinski definition) is 0. The quantitative estimate of drug-likeness (QED) is 0.230. The second-order valence-corrected chi connectivity index (χ2v) is 9.81. The lowest BCUT2D eigenvalue weighted by Gasteiger charge is -2.44. The molecule has 0 aliphatic carbocycles. The van der Waals surface area contributed by atoms with E-state index in [0.717, 1.165) is 9.13 Å². The van der Waals surface area contributed by atoms with E-state index in [2.05, 4.69) is 22.6 Å². The van der Waals surface area contributed by atoms with Gasteiger partial charge < -0.3 is 23.7 Å². The van der Waals surface area contributed by atoms with E-state index < -0.39 is 98.7 Å². The number of carbonyl (C=O) groups excluding carboxylic acids is 4. The summed E-state index contributed by atoms with van der Waals surface area (Å²) in [5.74, 6) is -4.19. The van der Waals surface area contributed by atoms with E-state index in [1.165, 1.54) is 0 Å². The molecule has 2 rings (SSSR count). The minimum absolute atomic E-state index is 0.00905. The van der Waals surface area contributed by atoms with Crippen LogP contribution < -0.4 is 0 Å². The summed E-state index contributed by atoms with van der Waals surface area (Å²) in [6.07, 6.45) is -5.92. The van der Waals surface area contributed by atoms with Crippen LogP contribution in [0, 0.1) is 3.57 Å². The molecule has 1 aliphatic heterocycles. The minimum Gasteiger partial charge on any atom is -0.463 e. The predicted molar refractivity (Wildman–Crippen MR) is 128 cm³/mol. The first-order chi connectivity index (χ1) is 18.1. The van der Waals surface area contributed by atoms with Crippen molar-refractivity contribution in [2.24, 2.45) is 0 Å². The van der Waals surface area contributed by atoms with E-state index >= 15 is 0 Å². The fourth-order valence-electron chi connectivity index (χ4n) is 3.28. The topological polar surface area (TPSA) is 132 Å². The van der Waals surface area contributed by atoms with Crippen LogP contribution in [0.3, 0.4) is 0 Å². The van der Waals surface area contributed by atoms with Crippen molar-refractivity contribution in [1.29, 1.82) is 0 Å². The Kier molecular flexibility index (Phi) is 8.66. The molecule has 1 fully saturated rings. The second-order valence-electron chi connectivity index (χ2n) is 7.02. The van der Waals surface area contributed by atoms with Gasteiger partial charge in [0.05, 0.1) is 10.8 Å². The summed E-state index contributed by atoms with van der Waals surface area (Å²) in [7, 11) is -1.92. The number of hydrogen-bond acceptors (Lipinski definition) is 10. The lowest BCUT2D eigenvalue weighted by atomic mass is 9.99. The molecule has 0 radical (unpaired) electrons. The fourth-order valence-corrected chi connectivity index (χ4v) is 5.37. The highest BCUT2D eigenvalue weighted by Crippen LogP contribution is 2.31. The third-order valence-corrected chi connectivity index (χ3v) is 7.15. The molecule has 0 N–H and O–H groups in total. The highest BCUT2D eigenvalue weighted by atomic mass is 127. The minimum atomic E-state index is -1.92. The van der Waals surface area contributed by atoms with Gasteiger partial charge in [0.15, 0.2) is 23.7 Å². The molecule has 0 aromatic heterocycles. The van der Waals surface area contributed by atoms with Crippen LogP contribution in [0.25, 0.3) is 0 Å². The van der Waals surface area contributed by atoms with Gasteiger partial charge in [-0.2, -0.15) is 0 Å². The van der Waals surface area contributed by atoms with Gasteiger partial charge in [-0.15, -0.1) is 0 Å². The van der Waals surface area contributed by atoms with Crippen LogP contribution in [-0.2, 0) is 60.1 Å². The summed E-state index contributed by atoms with van der Waals surface area (Å²) in [5, 5.41) is 0. The van der Waals surface area contributed by atoms with Crippen LogP contribution in [0.15, 0.2) is 24.3 Å². The predicted octanol–water partition coefficient (Wildman–Crippen LogP) is 1.67. The summed E-state index contributed by atoms with van der Waals surface area (Å²) in [5.41, 5.74) is -0.585. The van der Waals surface area contributed by atoms with E-state index in [1.54, 1.807) is 0 Å². The van der Waals surface area contributed by atoms with E-state index in [-0.39, 0.29) is 5.75 Å². The van der Waals surface area contributed by atoms with Gasteiger partial charge in [-0.1, -0.05) is 18.2 Å². The van der Waals surface area contributed by atoms with Crippen molar-refractivity contribution in [3.8, 4) is 0 Å². The SMILES string of the molecule is [2H]CC(=O)OC[C@H]1OC(S(=O)CCc2ccccc2I)[C@@H](OC(=O)C[2H])[C@@H](OC(=O)C[2H])[C@@H]1OC(=O)C[2H]. The molecule has 1 aromatic carbocycles. The maximum atomic E-state index is 13.5. The molecule has 34 heavy (non-hydrogen) atoms. The average molecular weight is 614 g/mol. The van der Waals surface area contributed by atoms with Crippen LogP contribution in [-0.4, -0.2) is 70.3 Å². The Hall–Kier alpha value is -2.06. The fraction of sp³-hybridized carbons (Fsp3) is 0.545. The largest absolute Gasteiger partial charge is 0.463 e. The first-order valence-electron chi connectivity index (χ1n) is 12.6. The van der Waals surface area contributed by atoms with Crippen molar-refractivity contribution >= 4 is 57.3 Å². The lowest BCUT2D eigenvalue weighted by Crippen LogP contribution is -2.63. The first kappa shape index (κ1) is 22.4.